The van der Waals surface area contributed by atoms with Gasteiger partial charge < -0.3 is 11.1 Å². The molecule has 0 aliphatic rings. The summed E-state index contributed by atoms with van der Waals surface area (Å²) in [6.45, 7) is 2.07. The molecule has 0 bridgehead atoms. The molecule has 0 saturated carbocycles. The first-order valence-corrected chi connectivity index (χ1v) is 5.49. The van der Waals surface area contributed by atoms with Crippen molar-refractivity contribution in [3.63, 3.8) is 0 Å². The van der Waals surface area contributed by atoms with Crippen LogP contribution in [0.1, 0.15) is 11.5 Å². The molecule has 0 fully saturated rings. The van der Waals surface area contributed by atoms with Gasteiger partial charge in [-0.05, 0) is 19.1 Å². The summed E-state index contributed by atoms with van der Waals surface area (Å²) in [7, 11) is 0. The highest BCUT2D eigenvalue weighted by molar-refractivity contribution is 5.59. The van der Waals surface area contributed by atoms with E-state index in [0.29, 0.717) is 18.1 Å². The minimum absolute atomic E-state index is 0.125. The van der Waals surface area contributed by atoms with Crippen LogP contribution in [0.2, 0.25) is 0 Å². The zero-order chi connectivity index (χ0) is 13.8. The van der Waals surface area contributed by atoms with Gasteiger partial charge in [0.15, 0.2) is 0 Å². The zero-order valence-corrected chi connectivity index (χ0v) is 10.2. The molecular formula is C11H12N6O2. The van der Waals surface area contributed by atoms with Gasteiger partial charge in [-0.1, -0.05) is 0 Å². The third kappa shape index (κ3) is 3.12. The fraction of sp³-hybridized carbons (Fsp3) is 0.182. The number of nitrogens with one attached hydrogen (secondary N) is 1. The van der Waals surface area contributed by atoms with Gasteiger partial charge in [-0.3, -0.25) is 10.1 Å². The predicted molar refractivity (Wildman–Crippen MR) is 69.4 cm³/mol. The molecule has 2 aromatic heterocycles. The first kappa shape index (κ1) is 12.7. The first-order valence-electron chi connectivity index (χ1n) is 5.49. The Morgan fingerprint density at radius 2 is 2.16 bits per heavy atom. The van der Waals surface area contributed by atoms with Crippen molar-refractivity contribution in [3.05, 3.63) is 46.0 Å². The maximum atomic E-state index is 10.9. The van der Waals surface area contributed by atoms with Crippen LogP contribution in [0.15, 0.2) is 24.4 Å². The van der Waals surface area contributed by atoms with E-state index in [9.17, 15) is 10.1 Å². The van der Waals surface area contributed by atoms with E-state index in [-0.39, 0.29) is 17.3 Å². The maximum absolute atomic E-state index is 10.9. The first-order chi connectivity index (χ1) is 9.06. The number of nitrogens with two attached hydrogens (primary N) is 1. The van der Waals surface area contributed by atoms with Crippen LogP contribution in [-0.2, 0) is 6.54 Å². The van der Waals surface area contributed by atoms with Crippen LogP contribution in [0.25, 0.3) is 0 Å². The predicted octanol–water partition coefficient (Wildman–Crippen LogP) is 1.28. The monoisotopic (exact) mass is 260 g/mol. The highest BCUT2D eigenvalue weighted by Gasteiger charge is 2.15. The number of nitrogens with zero attached hydrogens (tertiary/aromatic N) is 4. The molecule has 8 nitrogen and oxygen atoms in total. The van der Waals surface area contributed by atoms with Gasteiger partial charge in [0.2, 0.25) is 5.82 Å². The van der Waals surface area contributed by atoms with E-state index in [2.05, 4.69) is 20.3 Å². The average Bonchev–Trinajstić information content (AvgIpc) is 2.36. The normalized spacial score (nSPS) is 10.2. The molecule has 0 amide bonds. The Balaban J connectivity index is 2.19. The van der Waals surface area contributed by atoms with Crippen molar-refractivity contribution in [3.8, 4) is 0 Å². The molecule has 3 N–H and O–H groups in total. The van der Waals surface area contributed by atoms with Gasteiger partial charge in [-0.15, -0.1) is 0 Å². The van der Waals surface area contributed by atoms with Crippen molar-refractivity contribution in [2.24, 2.45) is 0 Å². The number of aryl methyl sites for hydroxylation is 1. The molecule has 0 unspecified atom stereocenters. The lowest BCUT2D eigenvalue weighted by Gasteiger charge is -2.06. The van der Waals surface area contributed by atoms with Crippen LogP contribution < -0.4 is 11.1 Å². The van der Waals surface area contributed by atoms with Crippen LogP contribution in [-0.4, -0.2) is 19.9 Å². The Morgan fingerprint density at radius 1 is 1.37 bits per heavy atom. The molecule has 0 radical (unpaired) electrons. The maximum Gasteiger partial charge on any atom is 0.311 e. The quantitative estimate of drug-likeness (QED) is 0.627. The molecule has 8 heteroatoms. The van der Waals surface area contributed by atoms with Gasteiger partial charge in [-0.2, -0.15) is 0 Å². The standard InChI is InChI=1S/C11H12N6O2/c1-7-13-5-4-8(15-7)6-14-11-9(17(18)19)2-3-10(12)16-11/h2-5H,6H2,1H3,(H3,12,14,16). The minimum Gasteiger partial charge on any atom is -0.384 e. The second-order valence-electron chi connectivity index (χ2n) is 3.81. The van der Waals surface area contributed by atoms with Crippen molar-refractivity contribution in [2.75, 3.05) is 11.1 Å². The van der Waals surface area contributed by atoms with E-state index >= 15 is 0 Å². The smallest absolute Gasteiger partial charge is 0.311 e. The molecule has 0 aliphatic carbocycles. The number of anilines is 2. The number of pyridine rings is 1. The highest BCUT2D eigenvalue weighted by Crippen LogP contribution is 2.23. The SMILES string of the molecule is Cc1nccc(CNc2nc(N)ccc2[N+](=O)[O-])n1. The van der Waals surface area contributed by atoms with Crippen LogP contribution in [0.5, 0.6) is 0 Å². The van der Waals surface area contributed by atoms with E-state index in [0.717, 1.165) is 0 Å². The van der Waals surface area contributed by atoms with E-state index in [1.165, 1.54) is 12.1 Å². The zero-order valence-electron chi connectivity index (χ0n) is 10.2. The Bertz CT molecular complexity index is 616. The fourth-order valence-corrected chi connectivity index (χ4v) is 1.52. The summed E-state index contributed by atoms with van der Waals surface area (Å²) in [6, 6.07) is 4.42. The average molecular weight is 260 g/mol. The third-order valence-corrected chi connectivity index (χ3v) is 2.36. The van der Waals surface area contributed by atoms with E-state index < -0.39 is 4.92 Å². The fourth-order valence-electron chi connectivity index (χ4n) is 1.52. The summed E-state index contributed by atoms with van der Waals surface area (Å²) in [6.07, 6.45) is 1.63. The van der Waals surface area contributed by atoms with Crippen LogP contribution in [0.4, 0.5) is 17.3 Å². The van der Waals surface area contributed by atoms with Gasteiger partial charge in [0, 0.05) is 12.3 Å². The summed E-state index contributed by atoms with van der Waals surface area (Å²) in [5.74, 6) is 0.975. The van der Waals surface area contributed by atoms with Crippen molar-refractivity contribution < 1.29 is 4.92 Å². The number of nitrogen functional groups attached to an aromatic ring is 1. The largest absolute Gasteiger partial charge is 0.384 e. The van der Waals surface area contributed by atoms with Gasteiger partial charge >= 0.3 is 5.69 Å². The molecule has 2 heterocycles. The third-order valence-electron chi connectivity index (χ3n) is 2.36. The molecule has 2 aromatic rings. The number of aromatic nitrogens is 3. The van der Waals surface area contributed by atoms with Gasteiger partial charge in [0.25, 0.3) is 0 Å². The summed E-state index contributed by atoms with van der Waals surface area (Å²) >= 11 is 0. The minimum atomic E-state index is -0.514. The number of hydrogen-bond acceptors (Lipinski definition) is 7. The molecule has 0 atom stereocenters. The molecule has 0 aromatic carbocycles. The molecular weight excluding hydrogens is 248 g/mol. The topological polar surface area (TPSA) is 120 Å². The highest BCUT2D eigenvalue weighted by atomic mass is 16.6. The van der Waals surface area contributed by atoms with Gasteiger partial charge in [0.05, 0.1) is 17.2 Å². The Morgan fingerprint density at radius 3 is 2.84 bits per heavy atom. The molecule has 98 valence electrons. The van der Waals surface area contributed by atoms with E-state index in [4.69, 9.17) is 5.73 Å². The lowest BCUT2D eigenvalue weighted by atomic mass is 10.3. The summed E-state index contributed by atoms with van der Waals surface area (Å²) in [5.41, 5.74) is 6.11. The van der Waals surface area contributed by atoms with Crippen molar-refractivity contribution in [1.82, 2.24) is 15.0 Å². The summed E-state index contributed by atoms with van der Waals surface area (Å²) in [4.78, 5) is 22.4. The second-order valence-corrected chi connectivity index (χ2v) is 3.81. The lowest BCUT2D eigenvalue weighted by molar-refractivity contribution is -0.384. The van der Waals surface area contributed by atoms with E-state index in [1.54, 1.807) is 19.2 Å². The second kappa shape index (κ2) is 5.25. The Kier molecular flexibility index (Phi) is 3.51. The number of hydrogen-bond donors (Lipinski definition) is 2. The molecule has 0 spiro atoms. The lowest BCUT2D eigenvalue weighted by Crippen LogP contribution is -2.07. The van der Waals surface area contributed by atoms with Crippen molar-refractivity contribution in [2.45, 2.75) is 13.5 Å². The molecule has 19 heavy (non-hydrogen) atoms. The summed E-state index contributed by atoms with van der Waals surface area (Å²) < 4.78 is 0. The molecule has 0 aliphatic heterocycles. The van der Waals surface area contributed by atoms with Crippen molar-refractivity contribution in [1.29, 1.82) is 0 Å². The Hall–Kier alpha value is -2.77. The van der Waals surface area contributed by atoms with E-state index in [1.807, 2.05) is 0 Å². The Labute approximate surface area is 108 Å². The van der Waals surface area contributed by atoms with Crippen molar-refractivity contribution >= 4 is 17.3 Å². The van der Waals surface area contributed by atoms with Gasteiger partial charge in [0.1, 0.15) is 11.6 Å². The number of rotatable bonds is 4. The van der Waals surface area contributed by atoms with Gasteiger partial charge in [-0.25, -0.2) is 15.0 Å². The van der Waals surface area contributed by atoms with Crippen LogP contribution in [0.3, 0.4) is 0 Å². The molecule has 2 rings (SSSR count). The van der Waals surface area contributed by atoms with Crippen LogP contribution >= 0.6 is 0 Å². The summed E-state index contributed by atoms with van der Waals surface area (Å²) in [5, 5.41) is 13.7. The molecule has 0 saturated heterocycles. The number of nitro groups is 1. The van der Waals surface area contributed by atoms with Crippen LogP contribution in [0, 0.1) is 17.0 Å².